The molecule has 0 radical (unpaired) electrons. The quantitative estimate of drug-likeness (QED) is 0.313. The predicted molar refractivity (Wildman–Crippen MR) is 135 cm³/mol. The Balaban J connectivity index is 1.53. The number of ether oxygens (including phenoxy) is 2. The summed E-state index contributed by atoms with van der Waals surface area (Å²) < 4.78 is 11.5. The molecule has 31 heavy (non-hydrogen) atoms. The number of benzene rings is 3. The van der Waals surface area contributed by atoms with Gasteiger partial charge in [-0.2, -0.15) is 0 Å². The number of unbranched alkanes of at least 4 members (excludes halogenated alkanes) is 3. The molecule has 3 heteroatoms. The molecule has 3 aromatic rings. The van der Waals surface area contributed by atoms with Gasteiger partial charge in [0.25, 0.3) is 0 Å². The van der Waals surface area contributed by atoms with Gasteiger partial charge in [-0.05, 0) is 0 Å². The van der Waals surface area contributed by atoms with E-state index in [-0.39, 0.29) is 5.79 Å². The molecule has 1 saturated heterocycles. The molecule has 1 aliphatic heterocycles. The van der Waals surface area contributed by atoms with Crippen molar-refractivity contribution >= 4 is 23.2 Å². The van der Waals surface area contributed by atoms with E-state index < -0.39 is 7.26 Å². The van der Waals surface area contributed by atoms with E-state index in [4.69, 9.17) is 9.47 Å². The van der Waals surface area contributed by atoms with E-state index in [1.807, 2.05) is 0 Å². The van der Waals surface area contributed by atoms with Crippen LogP contribution in [0.3, 0.4) is 0 Å². The second kappa shape index (κ2) is 10.6. The van der Waals surface area contributed by atoms with Gasteiger partial charge in [0.1, 0.15) is 0 Å². The number of rotatable bonds is 10. The summed E-state index contributed by atoms with van der Waals surface area (Å²) in [5.74, 6) is -0.351. The molecule has 0 spiro atoms. The van der Waals surface area contributed by atoms with Crippen LogP contribution < -0.4 is 15.9 Å². The van der Waals surface area contributed by atoms with Crippen LogP contribution in [0, 0.1) is 0 Å². The van der Waals surface area contributed by atoms with E-state index in [0.29, 0.717) is 0 Å². The second-order valence-corrected chi connectivity index (χ2v) is 12.8. The van der Waals surface area contributed by atoms with Crippen LogP contribution in [0.4, 0.5) is 0 Å². The maximum absolute atomic E-state index is 5.76. The molecule has 4 rings (SSSR count). The summed E-state index contributed by atoms with van der Waals surface area (Å²) in [6.07, 6.45) is 7.10. The van der Waals surface area contributed by atoms with Crippen molar-refractivity contribution in [3.05, 3.63) is 91.0 Å². The molecule has 0 aliphatic carbocycles. The van der Waals surface area contributed by atoms with Crippen molar-refractivity contribution in [2.45, 2.75) is 44.8 Å². The monoisotopic (exact) mass is 434 g/mol. The Morgan fingerprint density at radius 3 is 1.48 bits per heavy atom. The molecule has 1 heterocycles. The first-order valence-electron chi connectivity index (χ1n) is 11.7. The molecule has 0 aromatic heterocycles. The molecule has 0 atom stereocenters. The molecule has 1 aliphatic rings. The van der Waals surface area contributed by atoms with Gasteiger partial charge < -0.3 is 0 Å². The third kappa shape index (κ3) is 5.26. The molecule has 3 aromatic carbocycles. The van der Waals surface area contributed by atoms with Gasteiger partial charge in [0.2, 0.25) is 0 Å². The Kier molecular flexibility index (Phi) is 7.56. The standard InChI is InChI=1S/C28H35O2P/c1-28(29-22-23-30-28)21-13-2-3-14-24-31(25-15-7-4-8-16-25,26-17-9-5-10-18-26)27-19-11-6-12-20-27/h4-12,15-20,31H,2-3,13-14,21-24H2,1H3. The molecular weight excluding hydrogens is 399 g/mol. The molecule has 0 amide bonds. The average molecular weight is 435 g/mol. The van der Waals surface area contributed by atoms with Gasteiger partial charge >= 0.3 is 188 Å². The zero-order valence-electron chi connectivity index (χ0n) is 18.6. The van der Waals surface area contributed by atoms with E-state index in [0.717, 1.165) is 26.1 Å². The van der Waals surface area contributed by atoms with Crippen LogP contribution in [0.25, 0.3) is 0 Å². The Morgan fingerprint density at radius 1 is 0.613 bits per heavy atom. The van der Waals surface area contributed by atoms with Crippen LogP contribution in [0.1, 0.15) is 39.0 Å². The topological polar surface area (TPSA) is 18.5 Å². The van der Waals surface area contributed by atoms with Crippen molar-refractivity contribution in [1.29, 1.82) is 0 Å². The van der Waals surface area contributed by atoms with E-state index in [2.05, 4.69) is 97.9 Å². The van der Waals surface area contributed by atoms with Crippen molar-refractivity contribution in [3.63, 3.8) is 0 Å². The number of hydrogen-bond donors (Lipinski definition) is 0. The van der Waals surface area contributed by atoms with Gasteiger partial charge in [0.15, 0.2) is 0 Å². The van der Waals surface area contributed by atoms with Gasteiger partial charge in [-0.3, -0.25) is 0 Å². The molecule has 0 bridgehead atoms. The van der Waals surface area contributed by atoms with Gasteiger partial charge in [-0.25, -0.2) is 0 Å². The predicted octanol–water partition coefficient (Wildman–Crippen LogP) is 5.43. The second-order valence-electron chi connectivity index (χ2n) is 8.75. The van der Waals surface area contributed by atoms with Crippen LogP contribution in [-0.4, -0.2) is 25.2 Å². The van der Waals surface area contributed by atoms with Gasteiger partial charge in [-0.15, -0.1) is 0 Å². The van der Waals surface area contributed by atoms with Crippen LogP contribution in [0.2, 0.25) is 0 Å². The summed E-state index contributed by atoms with van der Waals surface area (Å²) in [5.41, 5.74) is 0. The van der Waals surface area contributed by atoms with Crippen molar-refractivity contribution in [3.8, 4) is 0 Å². The summed E-state index contributed by atoms with van der Waals surface area (Å²) in [4.78, 5) is 0. The van der Waals surface area contributed by atoms with Gasteiger partial charge in [0, 0.05) is 0 Å². The molecule has 1 fully saturated rings. The molecule has 0 N–H and O–H groups in total. The Bertz CT molecular complexity index is 809. The normalized spacial score (nSPS) is 16.3. The SMILES string of the molecule is CC1(CCCCCC[PH](c2ccccc2)(c2ccccc2)c2ccccc2)OCCO1. The molecular formula is C28H35O2P. The Labute approximate surface area is 188 Å². The average Bonchev–Trinajstić information content (AvgIpc) is 3.27. The van der Waals surface area contributed by atoms with E-state index in [1.165, 1.54) is 41.3 Å². The Morgan fingerprint density at radius 2 is 1.03 bits per heavy atom. The van der Waals surface area contributed by atoms with E-state index in [9.17, 15) is 0 Å². The van der Waals surface area contributed by atoms with Crippen molar-refractivity contribution in [2.24, 2.45) is 0 Å². The zero-order valence-corrected chi connectivity index (χ0v) is 19.6. The first-order chi connectivity index (χ1) is 15.2. The van der Waals surface area contributed by atoms with Crippen LogP contribution in [-0.2, 0) is 9.47 Å². The molecule has 2 nitrogen and oxygen atoms in total. The summed E-state index contributed by atoms with van der Waals surface area (Å²) in [5, 5.41) is 4.52. The fourth-order valence-corrected chi connectivity index (χ4v) is 9.92. The van der Waals surface area contributed by atoms with Crippen molar-refractivity contribution in [2.75, 3.05) is 19.4 Å². The van der Waals surface area contributed by atoms with Crippen LogP contribution in [0.5, 0.6) is 0 Å². The summed E-state index contributed by atoms with van der Waals surface area (Å²) in [7, 11) is -2.07. The molecule has 164 valence electrons. The minimum atomic E-state index is -2.07. The summed E-state index contributed by atoms with van der Waals surface area (Å²) >= 11 is 0. The summed E-state index contributed by atoms with van der Waals surface area (Å²) in [6, 6.07) is 33.7. The first-order valence-corrected chi connectivity index (χ1v) is 13.9. The van der Waals surface area contributed by atoms with Gasteiger partial charge in [0.05, 0.1) is 0 Å². The van der Waals surface area contributed by atoms with Crippen molar-refractivity contribution < 1.29 is 9.47 Å². The van der Waals surface area contributed by atoms with Crippen LogP contribution >= 0.6 is 7.26 Å². The summed E-state index contributed by atoms with van der Waals surface area (Å²) in [6.45, 7) is 3.55. The zero-order chi connectivity index (χ0) is 21.4. The maximum atomic E-state index is 5.76. The van der Waals surface area contributed by atoms with Crippen molar-refractivity contribution in [1.82, 2.24) is 0 Å². The first kappa shape index (κ1) is 22.2. The fraction of sp³-hybridized carbons (Fsp3) is 0.357. The van der Waals surface area contributed by atoms with E-state index in [1.54, 1.807) is 0 Å². The Hall–Kier alpha value is -1.99. The third-order valence-electron chi connectivity index (χ3n) is 6.63. The fourth-order valence-electron chi connectivity index (χ4n) is 4.99. The minimum absolute atomic E-state index is 0.351. The molecule has 0 saturated carbocycles. The van der Waals surface area contributed by atoms with Gasteiger partial charge in [-0.1, -0.05) is 0 Å². The third-order valence-corrected chi connectivity index (χ3v) is 11.7. The number of hydrogen-bond acceptors (Lipinski definition) is 2. The van der Waals surface area contributed by atoms with Crippen LogP contribution in [0.15, 0.2) is 91.0 Å². The van der Waals surface area contributed by atoms with E-state index >= 15 is 0 Å². The molecule has 0 unspecified atom stereocenters.